The topological polar surface area (TPSA) is 84.1 Å². The first-order valence-corrected chi connectivity index (χ1v) is 10.6. The van der Waals surface area contributed by atoms with Crippen molar-refractivity contribution in [3.8, 4) is 23.1 Å². The lowest BCUT2D eigenvalue weighted by atomic mass is 10.1. The number of hydrogen-bond donors (Lipinski definition) is 1. The molecule has 3 rings (SSSR count). The van der Waals surface area contributed by atoms with E-state index in [1.165, 1.54) is 12.1 Å². The molecule has 29 heavy (non-hydrogen) atoms. The fourth-order valence-electron chi connectivity index (χ4n) is 3.31. The van der Waals surface area contributed by atoms with E-state index in [0.717, 1.165) is 6.26 Å². The van der Waals surface area contributed by atoms with Crippen LogP contribution in [0.3, 0.4) is 0 Å². The van der Waals surface area contributed by atoms with Crippen molar-refractivity contribution in [3.63, 3.8) is 0 Å². The molecule has 1 heterocycles. The fourth-order valence-corrected chi connectivity index (χ4v) is 3.87. The van der Waals surface area contributed by atoms with E-state index in [1.54, 1.807) is 30.3 Å². The van der Waals surface area contributed by atoms with Crippen molar-refractivity contribution in [3.05, 3.63) is 48.0 Å². The smallest absolute Gasteiger partial charge is 0.387 e. The molecule has 0 unspecified atom stereocenters. The van der Waals surface area contributed by atoms with Crippen LogP contribution in [0, 0.1) is 11.3 Å². The molecule has 0 aliphatic heterocycles. The van der Waals surface area contributed by atoms with Crippen molar-refractivity contribution < 1.29 is 21.9 Å². The van der Waals surface area contributed by atoms with Gasteiger partial charge in [0.25, 0.3) is 0 Å². The summed E-state index contributed by atoms with van der Waals surface area (Å²) in [6, 6.07) is 13.2. The number of hydrogen-bond acceptors (Lipinski definition) is 4. The Labute approximate surface area is 167 Å². The summed E-state index contributed by atoms with van der Waals surface area (Å²) < 4.78 is 56.8. The summed E-state index contributed by atoms with van der Waals surface area (Å²) in [5.74, 6) is 0.00985. The normalized spacial score (nSPS) is 11.8. The van der Waals surface area contributed by atoms with Gasteiger partial charge in [0, 0.05) is 23.2 Å². The maximum atomic E-state index is 12.6. The maximum Gasteiger partial charge on any atom is 0.387 e. The molecule has 3 aromatic rings. The Bertz CT molecular complexity index is 1190. The fraction of sp³-hybridized carbons (Fsp3) is 0.250. The van der Waals surface area contributed by atoms with E-state index in [4.69, 9.17) is 0 Å². The number of ether oxygens (including phenoxy) is 1. The molecule has 9 heteroatoms. The molecule has 2 aromatic carbocycles. The minimum absolute atomic E-state index is 0.00985. The van der Waals surface area contributed by atoms with Gasteiger partial charge >= 0.3 is 6.61 Å². The predicted molar refractivity (Wildman–Crippen MR) is 108 cm³/mol. The standard InChI is InChI=1S/C20H19F2N3O3S/c1-12(2)25-18-10-15(28-20(21)22)8-9-16(18)17(11-23)19(25)13-4-6-14(7-5-13)24-29(3,26)27/h4-10,12,20,24H,1-3H3. The van der Waals surface area contributed by atoms with Gasteiger partial charge in [-0.15, -0.1) is 0 Å². The molecule has 0 atom stereocenters. The van der Waals surface area contributed by atoms with Crippen LogP contribution in [0.2, 0.25) is 0 Å². The number of benzene rings is 2. The van der Waals surface area contributed by atoms with Gasteiger partial charge in [0.1, 0.15) is 11.8 Å². The zero-order chi connectivity index (χ0) is 21.3. The second kappa shape index (κ2) is 7.72. The Balaban J connectivity index is 2.21. The van der Waals surface area contributed by atoms with Gasteiger partial charge in [-0.3, -0.25) is 4.72 Å². The summed E-state index contributed by atoms with van der Waals surface area (Å²) in [7, 11) is -3.41. The Morgan fingerprint density at radius 1 is 1.14 bits per heavy atom. The van der Waals surface area contributed by atoms with E-state index >= 15 is 0 Å². The number of sulfonamides is 1. The Morgan fingerprint density at radius 2 is 1.79 bits per heavy atom. The van der Waals surface area contributed by atoms with E-state index in [1.807, 2.05) is 18.4 Å². The lowest BCUT2D eigenvalue weighted by Crippen LogP contribution is -2.09. The molecule has 0 fully saturated rings. The van der Waals surface area contributed by atoms with Gasteiger partial charge in [0.05, 0.1) is 23.0 Å². The molecular formula is C20H19F2N3O3S. The summed E-state index contributed by atoms with van der Waals surface area (Å²) in [6.45, 7) is 0.897. The number of fused-ring (bicyclic) bond motifs is 1. The van der Waals surface area contributed by atoms with Crippen LogP contribution in [-0.2, 0) is 10.0 Å². The van der Waals surface area contributed by atoms with Crippen LogP contribution in [0.15, 0.2) is 42.5 Å². The zero-order valence-corrected chi connectivity index (χ0v) is 16.8. The average molecular weight is 419 g/mol. The number of alkyl halides is 2. The van der Waals surface area contributed by atoms with Gasteiger partial charge in [-0.25, -0.2) is 8.42 Å². The number of nitrogens with one attached hydrogen (secondary N) is 1. The summed E-state index contributed by atoms with van der Waals surface area (Å²) in [4.78, 5) is 0. The third-order valence-electron chi connectivity index (χ3n) is 4.29. The first-order chi connectivity index (χ1) is 13.6. The van der Waals surface area contributed by atoms with Crippen LogP contribution in [0.25, 0.3) is 22.2 Å². The van der Waals surface area contributed by atoms with Crippen LogP contribution in [0.1, 0.15) is 25.5 Å². The molecular weight excluding hydrogens is 400 g/mol. The van der Waals surface area contributed by atoms with Crippen molar-refractivity contribution in [1.29, 1.82) is 5.26 Å². The van der Waals surface area contributed by atoms with E-state index in [9.17, 15) is 22.5 Å². The third-order valence-corrected chi connectivity index (χ3v) is 4.90. The Kier molecular flexibility index (Phi) is 5.48. The number of aromatic nitrogens is 1. The molecule has 6 nitrogen and oxygen atoms in total. The minimum Gasteiger partial charge on any atom is -0.435 e. The monoisotopic (exact) mass is 419 g/mol. The van der Waals surface area contributed by atoms with Crippen LogP contribution in [0.4, 0.5) is 14.5 Å². The third kappa shape index (κ3) is 4.32. The Morgan fingerprint density at radius 3 is 2.31 bits per heavy atom. The van der Waals surface area contributed by atoms with Crippen molar-refractivity contribution >= 4 is 26.6 Å². The van der Waals surface area contributed by atoms with Crippen molar-refractivity contribution in [2.45, 2.75) is 26.5 Å². The van der Waals surface area contributed by atoms with Gasteiger partial charge in [0.2, 0.25) is 10.0 Å². The van der Waals surface area contributed by atoms with Crippen LogP contribution >= 0.6 is 0 Å². The lowest BCUT2D eigenvalue weighted by molar-refractivity contribution is -0.0497. The average Bonchev–Trinajstić information content (AvgIpc) is 2.94. The molecule has 152 valence electrons. The molecule has 0 aliphatic carbocycles. The molecule has 0 amide bonds. The molecule has 1 aromatic heterocycles. The van der Waals surface area contributed by atoms with Crippen molar-refractivity contribution in [2.24, 2.45) is 0 Å². The summed E-state index contributed by atoms with van der Waals surface area (Å²) in [5.41, 5.74) is 2.72. The first kappa shape index (κ1) is 20.6. The van der Waals surface area contributed by atoms with Crippen molar-refractivity contribution in [1.82, 2.24) is 4.57 Å². The minimum atomic E-state index is -3.41. The summed E-state index contributed by atoms with van der Waals surface area (Å²) >= 11 is 0. The lowest BCUT2D eigenvalue weighted by Gasteiger charge is -2.16. The summed E-state index contributed by atoms with van der Waals surface area (Å²) in [6.07, 6.45) is 1.06. The van der Waals surface area contributed by atoms with Crippen LogP contribution < -0.4 is 9.46 Å². The van der Waals surface area contributed by atoms with Crippen LogP contribution in [-0.4, -0.2) is 25.9 Å². The first-order valence-electron chi connectivity index (χ1n) is 8.72. The van der Waals surface area contributed by atoms with E-state index in [-0.39, 0.29) is 11.8 Å². The highest BCUT2D eigenvalue weighted by atomic mass is 32.2. The number of nitrogens with zero attached hydrogens (tertiary/aromatic N) is 2. The molecule has 0 saturated heterocycles. The zero-order valence-electron chi connectivity index (χ0n) is 16.0. The van der Waals surface area contributed by atoms with Gasteiger partial charge in [-0.2, -0.15) is 14.0 Å². The molecule has 0 bridgehead atoms. The number of halogens is 2. The van der Waals surface area contributed by atoms with Gasteiger partial charge in [-0.1, -0.05) is 12.1 Å². The summed E-state index contributed by atoms with van der Waals surface area (Å²) in [5, 5.41) is 10.4. The van der Waals surface area contributed by atoms with Gasteiger partial charge < -0.3 is 9.30 Å². The second-order valence-corrected chi connectivity index (χ2v) is 8.56. The number of anilines is 1. The Hall–Kier alpha value is -3.12. The maximum absolute atomic E-state index is 12.6. The van der Waals surface area contributed by atoms with Crippen LogP contribution in [0.5, 0.6) is 5.75 Å². The highest BCUT2D eigenvalue weighted by Gasteiger charge is 2.21. The molecule has 0 saturated carbocycles. The number of nitriles is 1. The van der Waals surface area contributed by atoms with E-state index < -0.39 is 16.6 Å². The van der Waals surface area contributed by atoms with E-state index in [0.29, 0.717) is 33.4 Å². The largest absolute Gasteiger partial charge is 0.435 e. The highest BCUT2D eigenvalue weighted by Crippen LogP contribution is 2.38. The predicted octanol–water partition coefficient (Wildman–Crippen LogP) is 4.73. The molecule has 0 radical (unpaired) electrons. The molecule has 0 spiro atoms. The van der Waals surface area contributed by atoms with Gasteiger partial charge in [-0.05, 0) is 43.7 Å². The second-order valence-electron chi connectivity index (χ2n) is 6.81. The molecule has 1 N–H and O–H groups in total. The van der Waals surface area contributed by atoms with Gasteiger partial charge in [0.15, 0.2) is 0 Å². The highest BCUT2D eigenvalue weighted by molar-refractivity contribution is 7.92. The van der Waals surface area contributed by atoms with E-state index in [2.05, 4.69) is 15.5 Å². The SMILES string of the molecule is CC(C)n1c(-c2ccc(NS(C)(=O)=O)cc2)c(C#N)c2ccc(OC(F)F)cc21. The number of rotatable bonds is 6. The quantitative estimate of drug-likeness (QED) is 0.626. The molecule has 0 aliphatic rings. The van der Waals surface area contributed by atoms with Crippen molar-refractivity contribution in [2.75, 3.05) is 11.0 Å².